The molecule has 3 rings (SSSR count). The molecule has 2 heterocycles. The van der Waals surface area contributed by atoms with Gasteiger partial charge in [0.2, 0.25) is 0 Å². The molecule has 2 aromatic rings. The predicted octanol–water partition coefficient (Wildman–Crippen LogP) is 0.827. The first-order chi connectivity index (χ1) is 10.2. The van der Waals surface area contributed by atoms with Crippen molar-refractivity contribution in [1.82, 2.24) is 14.9 Å². The minimum absolute atomic E-state index is 0.345. The van der Waals surface area contributed by atoms with Gasteiger partial charge in [-0.15, -0.1) is 0 Å². The van der Waals surface area contributed by atoms with E-state index in [1.807, 2.05) is 30.3 Å². The van der Waals surface area contributed by atoms with Crippen LogP contribution in [-0.4, -0.2) is 46.1 Å². The molecule has 1 fully saturated rings. The van der Waals surface area contributed by atoms with Crippen LogP contribution in [0.2, 0.25) is 0 Å². The summed E-state index contributed by atoms with van der Waals surface area (Å²) in [5, 5.41) is 10.0. The number of amides is 1. The molecule has 1 amide bonds. The normalized spacial score (nSPS) is 18.1. The van der Waals surface area contributed by atoms with Gasteiger partial charge in [-0.1, -0.05) is 30.3 Å². The maximum atomic E-state index is 12.2. The lowest BCUT2D eigenvalue weighted by Gasteiger charge is -2.49. The number of benzene rings is 1. The number of aromatic amines is 1. The Morgan fingerprint density at radius 1 is 1.43 bits per heavy atom. The number of carbonyl (C=O) groups excluding carboxylic acids is 1. The van der Waals surface area contributed by atoms with Gasteiger partial charge in [0.05, 0.1) is 31.3 Å². The Bertz CT molecular complexity index is 606. The fraction of sp³-hybridized carbons (Fsp3) is 0.333. The molecule has 1 aliphatic heterocycles. The molecule has 0 aliphatic carbocycles. The SMILES string of the molecule is COC1(c2ccccc2)CN(C(=O)C(O)c2cnc[nH]2)C1. The quantitative estimate of drug-likeness (QED) is 0.873. The van der Waals surface area contributed by atoms with E-state index in [1.165, 1.54) is 12.5 Å². The minimum atomic E-state index is -1.21. The zero-order valence-corrected chi connectivity index (χ0v) is 11.7. The second-order valence-electron chi connectivity index (χ2n) is 5.17. The molecule has 2 N–H and O–H groups in total. The number of carbonyl (C=O) groups is 1. The first-order valence-electron chi connectivity index (χ1n) is 6.72. The van der Waals surface area contributed by atoms with Crippen molar-refractivity contribution in [2.75, 3.05) is 20.2 Å². The van der Waals surface area contributed by atoms with Gasteiger partial charge in [-0.2, -0.15) is 0 Å². The number of aliphatic hydroxyl groups is 1. The van der Waals surface area contributed by atoms with Gasteiger partial charge in [0.15, 0.2) is 6.10 Å². The second-order valence-corrected chi connectivity index (χ2v) is 5.17. The Balaban J connectivity index is 1.70. The summed E-state index contributed by atoms with van der Waals surface area (Å²) in [6.45, 7) is 0.856. The number of ether oxygens (including phenoxy) is 1. The fourth-order valence-corrected chi connectivity index (χ4v) is 2.62. The number of rotatable bonds is 4. The number of aromatic nitrogens is 2. The number of H-pyrrole nitrogens is 1. The summed E-state index contributed by atoms with van der Waals surface area (Å²) < 4.78 is 5.62. The molecule has 1 aromatic heterocycles. The molecule has 0 bridgehead atoms. The monoisotopic (exact) mass is 287 g/mol. The summed E-state index contributed by atoms with van der Waals surface area (Å²) in [6, 6.07) is 9.80. The maximum Gasteiger partial charge on any atom is 0.257 e. The van der Waals surface area contributed by atoms with E-state index in [4.69, 9.17) is 4.74 Å². The van der Waals surface area contributed by atoms with E-state index in [1.54, 1.807) is 12.0 Å². The fourth-order valence-electron chi connectivity index (χ4n) is 2.62. The van der Waals surface area contributed by atoms with Crippen molar-refractivity contribution < 1.29 is 14.6 Å². The number of aliphatic hydroxyl groups excluding tert-OH is 1. The number of nitrogens with one attached hydrogen (secondary N) is 1. The van der Waals surface area contributed by atoms with Crippen LogP contribution in [0.5, 0.6) is 0 Å². The molecule has 1 saturated heterocycles. The van der Waals surface area contributed by atoms with E-state index < -0.39 is 11.7 Å². The molecule has 1 aromatic carbocycles. The van der Waals surface area contributed by atoms with Gasteiger partial charge in [-0.25, -0.2) is 4.98 Å². The van der Waals surface area contributed by atoms with Crippen LogP contribution >= 0.6 is 0 Å². The Morgan fingerprint density at radius 2 is 2.14 bits per heavy atom. The van der Waals surface area contributed by atoms with Gasteiger partial charge in [0.1, 0.15) is 5.60 Å². The largest absolute Gasteiger partial charge is 0.377 e. The summed E-state index contributed by atoms with van der Waals surface area (Å²) in [6.07, 6.45) is 1.67. The van der Waals surface area contributed by atoms with E-state index in [0.29, 0.717) is 18.8 Å². The van der Waals surface area contributed by atoms with Crippen LogP contribution < -0.4 is 0 Å². The first-order valence-corrected chi connectivity index (χ1v) is 6.72. The highest BCUT2D eigenvalue weighted by Gasteiger charge is 2.48. The molecular formula is C15H17N3O3. The number of imidazole rings is 1. The van der Waals surface area contributed by atoms with Crippen LogP contribution in [0.4, 0.5) is 0 Å². The number of likely N-dealkylation sites (tertiary alicyclic amines) is 1. The van der Waals surface area contributed by atoms with Crippen LogP contribution in [0.15, 0.2) is 42.9 Å². The van der Waals surface area contributed by atoms with Crippen molar-refractivity contribution in [3.8, 4) is 0 Å². The lowest BCUT2D eigenvalue weighted by molar-refractivity contribution is -0.172. The van der Waals surface area contributed by atoms with E-state index in [2.05, 4.69) is 9.97 Å². The molecule has 6 heteroatoms. The number of hydrogen-bond acceptors (Lipinski definition) is 4. The predicted molar refractivity (Wildman–Crippen MR) is 75.3 cm³/mol. The van der Waals surface area contributed by atoms with Crippen molar-refractivity contribution in [2.45, 2.75) is 11.7 Å². The van der Waals surface area contributed by atoms with Gasteiger partial charge >= 0.3 is 0 Å². The third kappa shape index (κ3) is 2.32. The number of hydrogen-bond donors (Lipinski definition) is 2. The van der Waals surface area contributed by atoms with Crippen molar-refractivity contribution in [2.24, 2.45) is 0 Å². The summed E-state index contributed by atoms with van der Waals surface area (Å²) in [5.41, 5.74) is 0.951. The van der Waals surface area contributed by atoms with Crippen molar-refractivity contribution >= 4 is 5.91 Å². The molecule has 0 radical (unpaired) electrons. The molecular weight excluding hydrogens is 270 g/mol. The Labute approximate surface area is 122 Å². The van der Waals surface area contributed by atoms with Crippen LogP contribution in [0, 0.1) is 0 Å². The van der Waals surface area contributed by atoms with Crippen molar-refractivity contribution in [3.05, 3.63) is 54.1 Å². The molecule has 110 valence electrons. The van der Waals surface area contributed by atoms with Gasteiger partial charge in [0.25, 0.3) is 5.91 Å². The third-order valence-corrected chi connectivity index (χ3v) is 3.94. The maximum absolute atomic E-state index is 12.2. The van der Waals surface area contributed by atoms with Gasteiger partial charge in [-0.3, -0.25) is 4.79 Å². The van der Waals surface area contributed by atoms with E-state index >= 15 is 0 Å². The molecule has 0 spiro atoms. The molecule has 1 unspecified atom stereocenters. The summed E-state index contributed by atoms with van der Waals surface area (Å²) in [5.74, 6) is -0.345. The Hall–Kier alpha value is -2.18. The van der Waals surface area contributed by atoms with E-state index in [0.717, 1.165) is 5.56 Å². The highest BCUT2D eigenvalue weighted by atomic mass is 16.5. The molecule has 6 nitrogen and oxygen atoms in total. The smallest absolute Gasteiger partial charge is 0.257 e. The third-order valence-electron chi connectivity index (χ3n) is 3.94. The summed E-state index contributed by atoms with van der Waals surface area (Å²) in [4.78, 5) is 20.4. The van der Waals surface area contributed by atoms with Crippen LogP contribution in [0.25, 0.3) is 0 Å². The van der Waals surface area contributed by atoms with Crippen molar-refractivity contribution in [1.29, 1.82) is 0 Å². The Morgan fingerprint density at radius 3 is 2.71 bits per heavy atom. The highest BCUT2D eigenvalue weighted by Crippen LogP contribution is 2.36. The van der Waals surface area contributed by atoms with E-state index in [9.17, 15) is 9.90 Å². The molecule has 0 saturated carbocycles. The zero-order valence-electron chi connectivity index (χ0n) is 11.7. The van der Waals surface area contributed by atoms with Gasteiger partial charge < -0.3 is 19.7 Å². The molecule has 1 aliphatic rings. The average molecular weight is 287 g/mol. The van der Waals surface area contributed by atoms with Gasteiger partial charge in [0, 0.05) is 7.11 Å². The minimum Gasteiger partial charge on any atom is -0.377 e. The number of nitrogens with zero attached hydrogens (tertiary/aromatic N) is 2. The summed E-state index contributed by atoms with van der Waals surface area (Å²) >= 11 is 0. The number of methoxy groups -OCH3 is 1. The standard InChI is InChI=1S/C15H17N3O3/c1-21-15(11-5-3-2-4-6-11)8-18(9-15)14(20)13(19)12-7-16-10-17-12/h2-7,10,13,19H,8-9H2,1H3,(H,16,17). The van der Waals surface area contributed by atoms with Crippen LogP contribution in [0.3, 0.4) is 0 Å². The van der Waals surface area contributed by atoms with Gasteiger partial charge in [-0.05, 0) is 5.56 Å². The van der Waals surface area contributed by atoms with Crippen LogP contribution in [0.1, 0.15) is 17.4 Å². The van der Waals surface area contributed by atoms with E-state index in [-0.39, 0.29) is 5.91 Å². The topological polar surface area (TPSA) is 78.4 Å². The Kier molecular flexibility index (Phi) is 3.48. The van der Waals surface area contributed by atoms with Crippen LogP contribution in [-0.2, 0) is 15.1 Å². The highest BCUT2D eigenvalue weighted by molar-refractivity contribution is 5.82. The second kappa shape index (κ2) is 5.31. The molecule has 1 atom stereocenters. The lowest BCUT2D eigenvalue weighted by Crippen LogP contribution is -2.63. The summed E-state index contributed by atoms with van der Waals surface area (Å²) in [7, 11) is 1.64. The first kappa shape index (κ1) is 13.8. The van der Waals surface area contributed by atoms with Crippen molar-refractivity contribution in [3.63, 3.8) is 0 Å². The average Bonchev–Trinajstić information content (AvgIpc) is 3.01. The zero-order chi connectivity index (χ0) is 14.9. The lowest BCUT2D eigenvalue weighted by atomic mass is 9.85. The molecule has 21 heavy (non-hydrogen) atoms.